The molecule has 0 saturated heterocycles. The van der Waals surface area contributed by atoms with Gasteiger partial charge in [0.05, 0.1) is 29.3 Å². The molecule has 0 aliphatic carbocycles. The van der Waals surface area contributed by atoms with Gasteiger partial charge in [0.1, 0.15) is 5.82 Å². The predicted octanol–water partition coefficient (Wildman–Crippen LogP) is 4.11. The molecule has 0 spiro atoms. The fourth-order valence-corrected chi connectivity index (χ4v) is 4.72. The minimum atomic E-state index is -1.77. The van der Waals surface area contributed by atoms with Gasteiger partial charge in [0.15, 0.2) is 0 Å². The van der Waals surface area contributed by atoms with E-state index < -0.39 is 10.6 Å². The van der Waals surface area contributed by atoms with Crippen molar-refractivity contribution in [3.8, 4) is 10.4 Å². The SMILES string of the molecule is CCN(CC)CC/N=[SH](=O)/c1ccc(Nc2ncc(-c3cccs3)c(N[C@H](C)CO)n2)cc1. The summed E-state index contributed by atoms with van der Waals surface area (Å²) in [4.78, 5) is 13.1. The summed E-state index contributed by atoms with van der Waals surface area (Å²) in [6, 6.07) is 11.2. The summed E-state index contributed by atoms with van der Waals surface area (Å²) in [7, 11) is -1.77. The Balaban J connectivity index is 1.71. The summed E-state index contributed by atoms with van der Waals surface area (Å²) < 4.78 is 16.8. The van der Waals surface area contributed by atoms with Crippen LogP contribution in [0.3, 0.4) is 0 Å². The van der Waals surface area contributed by atoms with Gasteiger partial charge in [-0.05, 0) is 55.7 Å². The molecule has 0 amide bonds. The molecule has 0 saturated carbocycles. The molecular weight excluding hydrogens is 456 g/mol. The number of thiol groups is 1. The van der Waals surface area contributed by atoms with Crippen molar-refractivity contribution >= 4 is 39.4 Å². The summed E-state index contributed by atoms with van der Waals surface area (Å²) in [5.41, 5.74) is 1.67. The number of likely N-dealkylation sites (N-methyl/N-ethyl adjacent to an activating group) is 1. The molecule has 3 rings (SSSR count). The maximum Gasteiger partial charge on any atom is 0.229 e. The predicted molar refractivity (Wildman–Crippen MR) is 138 cm³/mol. The van der Waals surface area contributed by atoms with Gasteiger partial charge in [0, 0.05) is 34.2 Å². The Morgan fingerprint density at radius 3 is 2.61 bits per heavy atom. The number of anilines is 3. The zero-order valence-electron chi connectivity index (χ0n) is 19.2. The Labute approximate surface area is 201 Å². The second-order valence-electron chi connectivity index (χ2n) is 7.50. The van der Waals surface area contributed by atoms with Crippen molar-refractivity contribution in [2.75, 3.05) is 43.4 Å². The summed E-state index contributed by atoms with van der Waals surface area (Å²) in [6.45, 7) is 9.42. The Kier molecular flexibility index (Phi) is 9.61. The van der Waals surface area contributed by atoms with Gasteiger partial charge < -0.3 is 20.6 Å². The molecule has 1 aromatic carbocycles. The minimum Gasteiger partial charge on any atom is -0.394 e. The van der Waals surface area contributed by atoms with E-state index in [4.69, 9.17) is 0 Å². The summed E-state index contributed by atoms with van der Waals surface area (Å²) in [5.74, 6) is 1.09. The van der Waals surface area contributed by atoms with Crippen LogP contribution in [0.5, 0.6) is 0 Å². The third kappa shape index (κ3) is 7.23. The molecule has 2 heterocycles. The van der Waals surface area contributed by atoms with Crippen LogP contribution >= 0.6 is 11.3 Å². The zero-order valence-corrected chi connectivity index (χ0v) is 20.9. The summed E-state index contributed by atoms with van der Waals surface area (Å²) in [5, 5.41) is 17.9. The molecule has 33 heavy (non-hydrogen) atoms. The van der Waals surface area contributed by atoms with Crippen LogP contribution in [0.4, 0.5) is 17.5 Å². The Morgan fingerprint density at radius 2 is 1.97 bits per heavy atom. The van der Waals surface area contributed by atoms with E-state index >= 15 is 0 Å². The summed E-state index contributed by atoms with van der Waals surface area (Å²) in [6.07, 6.45) is 1.77. The van der Waals surface area contributed by atoms with Gasteiger partial charge in [-0.25, -0.2) is 13.6 Å². The average molecular weight is 489 g/mol. The van der Waals surface area contributed by atoms with Crippen LogP contribution in [-0.2, 0) is 10.6 Å². The first kappa shape index (κ1) is 25.1. The number of aromatic nitrogens is 2. The fourth-order valence-electron chi connectivity index (χ4n) is 3.14. The van der Waals surface area contributed by atoms with E-state index in [0.717, 1.165) is 35.8 Å². The van der Waals surface area contributed by atoms with Crippen molar-refractivity contribution in [3.05, 3.63) is 48.0 Å². The van der Waals surface area contributed by atoms with Gasteiger partial charge in [0.25, 0.3) is 0 Å². The first-order valence-electron chi connectivity index (χ1n) is 11.1. The molecule has 2 atom stereocenters. The van der Waals surface area contributed by atoms with Crippen LogP contribution in [-0.4, -0.2) is 63.0 Å². The average Bonchev–Trinajstić information content (AvgIpc) is 3.37. The van der Waals surface area contributed by atoms with Crippen LogP contribution in [0.25, 0.3) is 10.4 Å². The van der Waals surface area contributed by atoms with Gasteiger partial charge in [-0.3, -0.25) is 0 Å². The van der Waals surface area contributed by atoms with Crippen LogP contribution in [0.15, 0.2) is 57.2 Å². The fraction of sp³-hybridized carbons (Fsp3) is 0.391. The second-order valence-corrected chi connectivity index (χ2v) is 9.79. The van der Waals surface area contributed by atoms with E-state index in [9.17, 15) is 9.32 Å². The number of thiophene rings is 1. The third-order valence-corrected chi connectivity index (χ3v) is 7.22. The van der Waals surface area contributed by atoms with Crippen molar-refractivity contribution in [1.82, 2.24) is 14.9 Å². The largest absolute Gasteiger partial charge is 0.394 e. The van der Waals surface area contributed by atoms with Gasteiger partial charge in [-0.1, -0.05) is 19.9 Å². The van der Waals surface area contributed by atoms with Crippen LogP contribution in [0, 0.1) is 0 Å². The number of benzene rings is 1. The second kappa shape index (κ2) is 12.6. The lowest BCUT2D eigenvalue weighted by Crippen LogP contribution is -2.25. The normalized spacial score (nSPS) is 13.2. The lowest BCUT2D eigenvalue weighted by Gasteiger charge is -2.16. The molecule has 8 nitrogen and oxygen atoms in total. The number of nitrogens with zero attached hydrogens (tertiary/aromatic N) is 4. The Morgan fingerprint density at radius 1 is 1.21 bits per heavy atom. The maximum absolute atomic E-state index is 12.5. The molecule has 0 radical (unpaired) electrons. The van der Waals surface area contributed by atoms with Crippen LogP contribution < -0.4 is 10.6 Å². The van der Waals surface area contributed by atoms with Crippen LogP contribution in [0.2, 0.25) is 0 Å². The number of hydrogen-bond donors (Lipinski definition) is 4. The highest BCUT2D eigenvalue weighted by Gasteiger charge is 2.13. The van der Waals surface area contributed by atoms with Crippen LogP contribution in [0.1, 0.15) is 20.8 Å². The summed E-state index contributed by atoms with van der Waals surface area (Å²) >= 11 is 1.61. The van der Waals surface area contributed by atoms with Gasteiger partial charge >= 0.3 is 0 Å². The Hall–Kier alpha value is -2.53. The third-order valence-electron chi connectivity index (χ3n) is 5.12. The number of nitrogens with one attached hydrogen (secondary N) is 2. The molecule has 0 fully saturated rings. The topological polar surface area (TPSA) is 103 Å². The van der Waals surface area contributed by atoms with Crippen molar-refractivity contribution in [3.63, 3.8) is 0 Å². The highest BCUT2D eigenvalue weighted by atomic mass is 32.2. The standard InChI is InChI=1S/C23H32N6O2S2/c1-4-29(5-2)13-12-25-33(31)19-10-8-18(9-11-19)27-23-24-15-20(21-7-6-14-32-21)22(28-23)26-17(3)16-30/h6-11,14-15,17,30,33H,4-5,12-13,16H2,1-3H3,(H2,24,26,27,28)/t17-/m1/s1. The first-order chi connectivity index (χ1) is 16.0. The number of aliphatic hydroxyl groups is 1. The molecule has 0 aliphatic rings. The van der Waals surface area contributed by atoms with Crippen molar-refractivity contribution in [1.29, 1.82) is 0 Å². The molecule has 0 bridgehead atoms. The monoisotopic (exact) mass is 488 g/mol. The van der Waals surface area contributed by atoms with Crippen molar-refractivity contribution in [2.45, 2.75) is 31.7 Å². The molecule has 3 aromatic rings. The highest BCUT2D eigenvalue weighted by Crippen LogP contribution is 2.31. The van der Waals surface area contributed by atoms with E-state index in [2.05, 4.69) is 43.7 Å². The highest BCUT2D eigenvalue weighted by molar-refractivity contribution is 7.75. The quantitative estimate of drug-likeness (QED) is 0.285. The lowest BCUT2D eigenvalue weighted by atomic mass is 10.2. The maximum atomic E-state index is 12.5. The number of rotatable bonds is 12. The number of hydrogen-bond acceptors (Lipinski definition) is 9. The molecular formula is C23H32N6O2S2. The van der Waals surface area contributed by atoms with E-state index in [0.29, 0.717) is 23.2 Å². The van der Waals surface area contributed by atoms with E-state index in [1.54, 1.807) is 17.5 Å². The number of aliphatic hydroxyl groups excluding tert-OH is 1. The van der Waals surface area contributed by atoms with Crippen molar-refractivity contribution in [2.24, 2.45) is 4.36 Å². The smallest absolute Gasteiger partial charge is 0.229 e. The molecule has 178 valence electrons. The Bertz CT molecular complexity index is 1080. The minimum absolute atomic E-state index is 0.00371. The van der Waals surface area contributed by atoms with E-state index in [1.807, 2.05) is 48.7 Å². The van der Waals surface area contributed by atoms with E-state index in [1.165, 1.54) is 0 Å². The molecule has 1 unspecified atom stereocenters. The zero-order chi connectivity index (χ0) is 23.6. The molecule has 10 heteroatoms. The van der Waals surface area contributed by atoms with Crippen molar-refractivity contribution < 1.29 is 9.32 Å². The van der Waals surface area contributed by atoms with Gasteiger partial charge in [-0.15, -0.1) is 11.3 Å². The van der Waals surface area contributed by atoms with Gasteiger partial charge in [0.2, 0.25) is 5.95 Å². The van der Waals surface area contributed by atoms with E-state index in [-0.39, 0.29) is 12.6 Å². The molecule has 2 aromatic heterocycles. The lowest BCUT2D eigenvalue weighted by molar-refractivity contribution is 0.281. The van der Waals surface area contributed by atoms with Gasteiger partial charge in [-0.2, -0.15) is 4.98 Å². The molecule has 0 aliphatic heterocycles. The first-order valence-corrected chi connectivity index (χ1v) is 13.2. The molecule has 3 N–H and O–H groups in total.